The van der Waals surface area contributed by atoms with Crippen LogP contribution in [-0.2, 0) is 19.6 Å². The maximum atomic E-state index is 12.5. The zero-order valence-electron chi connectivity index (χ0n) is 12.2. The van der Waals surface area contributed by atoms with Crippen molar-refractivity contribution in [3.05, 3.63) is 29.8 Å². The second-order valence-corrected chi connectivity index (χ2v) is 6.48. The van der Waals surface area contributed by atoms with E-state index in [0.29, 0.717) is 5.56 Å². The standard InChI is InChI=1S/C14H18N2O4S/c1-4-20-14(17)10-16(11(2)3)21(18,19)13-7-5-12(9-15)6-8-13/h5-8,11H,4,10H2,1-3H3. The molecule has 0 aliphatic rings. The summed E-state index contributed by atoms with van der Waals surface area (Å²) in [5.41, 5.74) is 0.371. The van der Waals surface area contributed by atoms with Gasteiger partial charge in [0.25, 0.3) is 0 Å². The molecule has 0 spiro atoms. The first-order valence-electron chi connectivity index (χ1n) is 6.50. The summed E-state index contributed by atoms with van der Waals surface area (Å²) in [6.45, 7) is 4.88. The molecule has 0 saturated carbocycles. The number of benzene rings is 1. The Labute approximate surface area is 125 Å². The summed E-state index contributed by atoms with van der Waals surface area (Å²) >= 11 is 0. The summed E-state index contributed by atoms with van der Waals surface area (Å²) < 4.78 is 31.0. The number of nitriles is 1. The highest BCUT2D eigenvalue weighted by molar-refractivity contribution is 7.89. The summed E-state index contributed by atoms with van der Waals surface area (Å²) in [6.07, 6.45) is 0. The second kappa shape index (κ2) is 7.20. The number of rotatable bonds is 6. The van der Waals surface area contributed by atoms with E-state index in [1.165, 1.54) is 24.3 Å². The molecule has 0 radical (unpaired) electrons. The lowest BCUT2D eigenvalue weighted by Gasteiger charge is -2.24. The zero-order valence-corrected chi connectivity index (χ0v) is 13.1. The Balaban J connectivity index is 3.10. The average Bonchev–Trinajstić information content (AvgIpc) is 2.44. The van der Waals surface area contributed by atoms with Crippen LogP contribution in [0.2, 0.25) is 0 Å². The molecule has 0 unspecified atom stereocenters. The summed E-state index contributed by atoms with van der Waals surface area (Å²) in [6, 6.07) is 7.09. The molecule has 0 amide bonds. The smallest absolute Gasteiger partial charge is 0.321 e. The van der Waals surface area contributed by atoms with Crippen LogP contribution in [0, 0.1) is 11.3 Å². The van der Waals surface area contributed by atoms with Crippen molar-refractivity contribution in [3.8, 4) is 6.07 Å². The Kier molecular flexibility index (Phi) is 5.88. The van der Waals surface area contributed by atoms with Crippen molar-refractivity contribution >= 4 is 16.0 Å². The van der Waals surface area contributed by atoms with Crippen molar-refractivity contribution in [2.24, 2.45) is 0 Å². The van der Waals surface area contributed by atoms with Crippen LogP contribution in [-0.4, -0.2) is 37.9 Å². The van der Waals surface area contributed by atoms with E-state index < -0.39 is 22.0 Å². The van der Waals surface area contributed by atoms with Gasteiger partial charge in [0, 0.05) is 6.04 Å². The van der Waals surface area contributed by atoms with E-state index in [1.807, 2.05) is 6.07 Å². The number of nitrogens with zero attached hydrogens (tertiary/aromatic N) is 2. The monoisotopic (exact) mass is 310 g/mol. The molecule has 1 aromatic carbocycles. The maximum Gasteiger partial charge on any atom is 0.321 e. The van der Waals surface area contributed by atoms with Crippen LogP contribution in [0.3, 0.4) is 0 Å². The van der Waals surface area contributed by atoms with Crippen LogP contribution in [0.1, 0.15) is 26.3 Å². The van der Waals surface area contributed by atoms with Gasteiger partial charge in [-0.25, -0.2) is 8.42 Å². The number of carbonyl (C=O) groups is 1. The fourth-order valence-corrected chi connectivity index (χ4v) is 3.30. The van der Waals surface area contributed by atoms with Crippen LogP contribution in [0.5, 0.6) is 0 Å². The van der Waals surface area contributed by atoms with Gasteiger partial charge in [0.2, 0.25) is 10.0 Å². The highest BCUT2D eigenvalue weighted by Gasteiger charge is 2.29. The first kappa shape index (κ1) is 17.1. The minimum Gasteiger partial charge on any atom is -0.465 e. The third-order valence-corrected chi connectivity index (χ3v) is 4.79. The van der Waals surface area contributed by atoms with Crippen molar-refractivity contribution in [2.45, 2.75) is 31.7 Å². The number of ether oxygens (including phenoxy) is 1. The third kappa shape index (κ3) is 4.28. The summed E-state index contributed by atoms with van der Waals surface area (Å²) in [4.78, 5) is 11.6. The lowest BCUT2D eigenvalue weighted by Crippen LogP contribution is -2.41. The fourth-order valence-electron chi connectivity index (χ4n) is 1.72. The SMILES string of the molecule is CCOC(=O)CN(C(C)C)S(=O)(=O)c1ccc(C#N)cc1. The predicted molar refractivity (Wildman–Crippen MR) is 76.8 cm³/mol. The van der Waals surface area contributed by atoms with Gasteiger partial charge in [-0.15, -0.1) is 0 Å². The van der Waals surface area contributed by atoms with E-state index >= 15 is 0 Å². The third-order valence-electron chi connectivity index (χ3n) is 2.76. The van der Waals surface area contributed by atoms with Crippen LogP contribution in [0.4, 0.5) is 0 Å². The predicted octanol–water partition coefficient (Wildman–Crippen LogP) is 1.52. The van der Waals surface area contributed by atoms with Gasteiger partial charge >= 0.3 is 5.97 Å². The van der Waals surface area contributed by atoms with Crippen LogP contribution < -0.4 is 0 Å². The molecule has 0 aliphatic heterocycles. The van der Waals surface area contributed by atoms with E-state index in [-0.39, 0.29) is 18.0 Å². The minimum atomic E-state index is -3.82. The highest BCUT2D eigenvalue weighted by atomic mass is 32.2. The molecule has 0 saturated heterocycles. The Morgan fingerprint density at radius 2 is 1.90 bits per heavy atom. The van der Waals surface area contributed by atoms with Crippen molar-refractivity contribution in [3.63, 3.8) is 0 Å². The molecule has 0 bridgehead atoms. The highest BCUT2D eigenvalue weighted by Crippen LogP contribution is 2.18. The number of sulfonamides is 1. The molecule has 21 heavy (non-hydrogen) atoms. The van der Waals surface area contributed by atoms with Gasteiger partial charge in [-0.2, -0.15) is 9.57 Å². The molecule has 114 valence electrons. The van der Waals surface area contributed by atoms with Gasteiger partial charge in [0.1, 0.15) is 6.54 Å². The van der Waals surface area contributed by atoms with E-state index in [0.717, 1.165) is 4.31 Å². The van der Waals surface area contributed by atoms with Gasteiger partial charge in [0.15, 0.2) is 0 Å². The number of carbonyl (C=O) groups excluding carboxylic acids is 1. The van der Waals surface area contributed by atoms with Crippen molar-refractivity contribution < 1.29 is 17.9 Å². The first-order chi connectivity index (χ1) is 9.82. The van der Waals surface area contributed by atoms with Gasteiger partial charge in [-0.3, -0.25) is 4.79 Å². The quantitative estimate of drug-likeness (QED) is 0.743. The average molecular weight is 310 g/mol. The Hall–Kier alpha value is -1.91. The number of esters is 1. The maximum absolute atomic E-state index is 12.5. The summed E-state index contributed by atoms with van der Waals surface area (Å²) in [5.74, 6) is -0.594. The van der Waals surface area contributed by atoms with E-state index in [4.69, 9.17) is 10.00 Å². The molecule has 0 heterocycles. The van der Waals surface area contributed by atoms with Crippen molar-refractivity contribution in [2.75, 3.05) is 13.2 Å². The second-order valence-electron chi connectivity index (χ2n) is 4.59. The minimum absolute atomic E-state index is 0.0412. The lowest BCUT2D eigenvalue weighted by atomic mass is 10.2. The molecule has 0 aromatic heterocycles. The molecule has 0 N–H and O–H groups in total. The molecular weight excluding hydrogens is 292 g/mol. The zero-order chi connectivity index (χ0) is 16.0. The van der Waals surface area contributed by atoms with Crippen LogP contribution >= 0.6 is 0 Å². The van der Waals surface area contributed by atoms with Gasteiger partial charge in [-0.1, -0.05) is 0 Å². The molecule has 7 heteroatoms. The fraction of sp³-hybridized carbons (Fsp3) is 0.429. The molecule has 1 rings (SSSR count). The summed E-state index contributed by atoms with van der Waals surface area (Å²) in [7, 11) is -3.82. The molecule has 0 atom stereocenters. The lowest BCUT2D eigenvalue weighted by molar-refractivity contribution is -0.143. The Morgan fingerprint density at radius 3 is 2.33 bits per heavy atom. The van der Waals surface area contributed by atoms with E-state index in [2.05, 4.69) is 0 Å². The molecule has 6 nitrogen and oxygen atoms in total. The normalized spacial score (nSPS) is 11.4. The molecule has 0 fully saturated rings. The molecule has 1 aromatic rings. The Bertz CT molecular complexity index is 630. The molecular formula is C14H18N2O4S. The largest absolute Gasteiger partial charge is 0.465 e. The first-order valence-corrected chi connectivity index (χ1v) is 7.94. The van der Waals surface area contributed by atoms with Crippen molar-refractivity contribution in [1.82, 2.24) is 4.31 Å². The van der Waals surface area contributed by atoms with Crippen LogP contribution in [0.25, 0.3) is 0 Å². The van der Waals surface area contributed by atoms with Gasteiger partial charge in [0.05, 0.1) is 23.1 Å². The van der Waals surface area contributed by atoms with E-state index in [9.17, 15) is 13.2 Å². The van der Waals surface area contributed by atoms with E-state index in [1.54, 1.807) is 20.8 Å². The molecule has 0 aliphatic carbocycles. The Morgan fingerprint density at radius 1 is 1.33 bits per heavy atom. The van der Waals surface area contributed by atoms with Crippen molar-refractivity contribution in [1.29, 1.82) is 5.26 Å². The van der Waals surface area contributed by atoms with Crippen LogP contribution in [0.15, 0.2) is 29.2 Å². The van der Waals surface area contributed by atoms with Gasteiger partial charge < -0.3 is 4.74 Å². The summed E-state index contributed by atoms with van der Waals surface area (Å²) in [5, 5.41) is 8.74. The van der Waals surface area contributed by atoms with Gasteiger partial charge in [-0.05, 0) is 45.0 Å². The topological polar surface area (TPSA) is 87.5 Å². The number of hydrogen-bond acceptors (Lipinski definition) is 5. The number of hydrogen-bond donors (Lipinski definition) is 0.